The highest BCUT2D eigenvalue weighted by Crippen LogP contribution is 2.17. The quantitative estimate of drug-likeness (QED) is 0.561. The van der Waals surface area contributed by atoms with Gasteiger partial charge < -0.3 is 20.1 Å². The SMILES string of the molecule is COc1ccc(OCCNc2cc(NCc3ccc(C)cc3)ncn2)cc1. The van der Waals surface area contributed by atoms with E-state index in [0.29, 0.717) is 13.2 Å². The van der Waals surface area contributed by atoms with Crippen LogP contribution in [0.4, 0.5) is 11.6 Å². The number of aryl methyl sites for hydroxylation is 1. The van der Waals surface area contributed by atoms with Crippen molar-refractivity contribution >= 4 is 11.6 Å². The van der Waals surface area contributed by atoms with Gasteiger partial charge in [-0.1, -0.05) is 29.8 Å². The Morgan fingerprint density at radius 3 is 2.22 bits per heavy atom. The number of ether oxygens (including phenoxy) is 2. The first-order chi connectivity index (χ1) is 13.2. The van der Waals surface area contributed by atoms with E-state index in [9.17, 15) is 0 Å². The normalized spacial score (nSPS) is 10.3. The molecule has 0 aliphatic rings. The Hall–Kier alpha value is -3.28. The fourth-order valence-electron chi connectivity index (χ4n) is 2.47. The van der Waals surface area contributed by atoms with Gasteiger partial charge in [-0.05, 0) is 36.8 Å². The van der Waals surface area contributed by atoms with Crippen molar-refractivity contribution in [2.24, 2.45) is 0 Å². The molecule has 0 spiro atoms. The third kappa shape index (κ3) is 5.88. The first kappa shape index (κ1) is 18.5. The minimum atomic E-state index is 0.530. The van der Waals surface area contributed by atoms with Gasteiger partial charge in [0.2, 0.25) is 0 Å². The maximum atomic E-state index is 5.70. The first-order valence-corrected chi connectivity index (χ1v) is 8.85. The predicted molar refractivity (Wildman–Crippen MR) is 108 cm³/mol. The molecule has 0 atom stereocenters. The molecule has 2 aromatic carbocycles. The molecule has 0 radical (unpaired) electrons. The molecule has 1 aromatic heterocycles. The van der Waals surface area contributed by atoms with Crippen LogP contribution in [0.25, 0.3) is 0 Å². The largest absolute Gasteiger partial charge is 0.497 e. The zero-order valence-corrected chi connectivity index (χ0v) is 15.6. The van der Waals surface area contributed by atoms with Gasteiger partial charge in [0.25, 0.3) is 0 Å². The minimum Gasteiger partial charge on any atom is -0.497 e. The number of benzene rings is 2. The number of nitrogens with one attached hydrogen (secondary N) is 2. The van der Waals surface area contributed by atoms with Gasteiger partial charge in [0.1, 0.15) is 36.1 Å². The fraction of sp³-hybridized carbons (Fsp3) is 0.238. The summed E-state index contributed by atoms with van der Waals surface area (Å²) in [6.45, 7) is 3.97. The predicted octanol–water partition coefficient (Wildman–Crippen LogP) is 3.90. The molecule has 0 amide bonds. The van der Waals surface area contributed by atoms with Gasteiger partial charge in [0, 0.05) is 12.6 Å². The van der Waals surface area contributed by atoms with Crippen LogP contribution in [0.15, 0.2) is 60.9 Å². The van der Waals surface area contributed by atoms with Crippen LogP contribution in [0.1, 0.15) is 11.1 Å². The summed E-state index contributed by atoms with van der Waals surface area (Å²) in [7, 11) is 1.64. The van der Waals surface area contributed by atoms with E-state index in [0.717, 1.165) is 29.7 Å². The van der Waals surface area contributed by atoms with Crippen molar-refractivity contribution in [2.75, 3.05) is 30.9 Å². The fourth-order valence-corrected chi connectivity index (χ4v) is 2.47. The van der Waals surface area contributed by atoms with Gasteiger partial charge in [-0.3, -0.25) is 0 Å². The molecule has 0 saturated carbocycles. The van der Waals surface area contributed by atoms with E-state index in [1.165, 1.54) is 11.1 Å². The summed E-state index contributed by atoms with van der Waals surface area (Å²) in [6, 6.07) is 17.8. The molecule has 0 fully saturated rings. The summed E-state index contributed by atoms with van der Waals surface area (Å²) >= 11 is 0. The highest BCUT2D eigenvalue weighted by molar-refractivity contribution is 5.46. The van der Waals surface area contributed by atoms with E-state index in [1.54, 1.807) is 13.4 Å². The Kier molecular flexibility index (Phi) is 6.46. The lowest BCUT2D eigenvalue weighted by Gasteiger charge is -2.10. The number of hydrogen-bond donors (Lipinski definition) is 2. The first-order valence-electron chi connectivity index (χ1n) is 8.85. The van der Waals surface area contributed by atoms with E-state index in [-0.39, 0.29) is 0 Å². The zero-order chi connectivity index (χ0) is 18.9. The lowest BCUT2D eigenvalue weighted by atomic mass is 10.1. The number of anilines is 2. The van der Waals surface area contributed by atoms with Crippen molar-refractivity contribution in [3.8, 4) is 11.5 Å². The standard InChI is InChI=1S/C21H24N4O2/c1-16-3-5-17(6-4-16)14-23-21-13-20(24-15-25-21)22-11-12-27-19-9-7-18(26-2)8-10-19/h3-10,13,15H,11-12,14H2,1-2H3,(H2,22,23,24,25). The number of methoxy groups -OCH3 is 1. The second-order valence-corrected chi connectivity index (χ2v) is 6.08. The molecule has 0 bridgehead atoms. The van der Waals surface area contributed by atoms with E-state index in [2.05, 4.69) is 51.8 Å². The Morgan fingerprint density at radius 2 is 1.52 bits per heavy atom. The molecule has 27 heavy (non-hydrogen) atoms. The van der Waals surface area contributed by atoms with E-state index in [1.807, 2.05) is 30.3 Å². The molecule has 3 rings (SSSR count). The molecule has 6 nitrogen and oxygen atoms in total. The maximum Gasteiger partial charge on any atom is 0.131 e. The Bertz CT molecular complexity index is 836. The van der Waals surface area contributed by atoms with Crippen molar-refractivity contribution in [2.45, 2.75) is 13.5 Å². The average Bonchev–Trinajstić information content (AvgIpc) is 2.71. The summed E-state index contributed by atoms with van der Waals surface area (Å²) in [5.41, 5.74) is 2.46. The molecule has 6 heteroatoms. The highest BCUT2D eigenvalue weighted by atomic mass is 16.5. The van der Waals surface area contributed by atoms with Crippen LogP contribution in [0.5, 0.6) is 11.5 Å². The minimum absolute atomic E-state index is 0.530. The number of aromatic nitrogens is 2. The molecule has 0 unspecified atom stereocenters. The van der Waals surface area contributed by atoms with Crippen molar-refractivity contribution in [3.05, 3.63) is 72.1 Å². The molecule has 0 aliphatic carbocycles. The third-order valence-electron chi connectivity index (χ3n) is 4.00. The highest BCUT2D eigenvalue weighted by Gasteiger charge is 2.00. The lowest BCUT2D eigenvalue weighted by molar-refractivity contribution is 0.331. The van der Waals surface area contributed by atoms with Gasteiger partial charge in [-0.15, -0.1) is 0 Å². The molecule has 0 aliphatic heterocycles. The van der Waals surface area contributed by atoms with E-state index in [4.69, 9.17) is 9.47 Å². The average molecular weight is 364 g/mol. The van der Waals surface area contributed by atoms with Crippen LogP contribution < -0.4 is 20.1 Å². The van der Waals surface area contributed by atoms with Crippen LogP contribution in [0.3, 0.4) is 0 Å². The Labute approximate surface area is 159 Å². The van der Waals surface area contributed by atoms with Crippen molar-refractivity contribution in [1.29, 1.82) is 0 Å². The molecule has 3 aromatic rings. The van der Waals surface area contributed by atoms with Crippen LogP contribution in [0, 0.1) is 6.92 Å². The summed E-state index contributed by atoms with van der Waals surface area (Å²) in [4.78, 5) is 8.50. The maximum absolute atomic E-state index is 5.70. The topological polar surface area (TPSA) is 68.3 Å². The van der Waals surface area contributed by atoms with Crippen LogP contribution >= 0.6 is 0 Å². The van der Waals surface area contributed by atoms with Crippen molar-refractivity contribution < 1.29 is 9.47 Å². The van der Waals surface area contributed by atoms with Gasteiger partial charge in [0.05, 0.1) is 13.7 Å². The monoisotopic (exact) mass is 364 g/mol. The Balaban J connectivity index is 1.43. The van der Waals surface area contributed by atoms with Crippen molar-refractivity contribution in [1.82, 2.24) is 9.97 Å². The number of hydrogen-bond acceptors (Lipinski definition) is 6. The molecule has 0 saturated heterocycles. The smallest absolute Gasteiger partial charge is 0.131 e. The van der Waals surface area contributed by atoms with Gasteiger partial charge >= 0.3 is 0 Å². The van der Waals surface area contributed by atoms with E-state index >= 15 is 0 Å². The van der Waals surface area contributed by atoms with E-state index < -0.39 is 0 Å². The molecule has 1 heterocycles. The van der Waals surface area contributed by atoms with Crippen LogP contribution in [-0.4, -0.2) is 30.2 Å². The summed E-state index contributed by atoms with van der Waals surface area (Å²) in [5, 5.41) is 6.56. The summed E-state index contributed by atoms with van der Waals surface area (Å²) in [5.74, 6) is 3.16. The third-order valence-corrected chi connectivity index (χ3v) is 4.00. The van der Waals surface area contributed by atoms with Crippen LogP contribution in [-0.2, 0) is 6.54 Å². The Morgan fingerprint density at radius 1 is 0.852 bits per heavy atom. The molecular weight excluding hydrogens is 340 g/mol. The van der Waals surface area contributed by atoms with Gasteiger partial charge in [-0.2, -0.15) is 0 Å². The number of nitrogens with zero attached hydrogens (tertiary/aromatic N) is 2. The second kappa shape index (κ2) is 9.43. The van der Waals surface area contributed by atoms with Gasteiger partial charge in [0.15, 0.2) is 0 Å². The molecular formula is C21H24N4O2. The zero-order valence-electron chi connectivity index (χ0n) is 15.6. The summed E-state index contributed by atoms with van der Waals surface area (Å²) in [6.07, 6.45) is 1.55. The van der Waals surface area contributed by atoms with Gasteiger partial charge in [-0.25, -0.2) is 9.97 Å². The molecule has 2 N–H and O–H groups in total. The van der Waals surface area contributed by atoms with Crippen LogP contribution in [0.2, 0.25) is 0 Å². The second-order valence-electron chi connectivity index (χ2n) is 6.08. The molecule has 140 valence electrons. The summed E-state index contributed by atoms with van der Waals surface area (Å²) < 4.78 is 10.8. The number of rotatable bonds is 9. The lowest BCUT2D eigenvalue weighted by Crippen LogP contribution is -2.13. The van der Waals surface area contributed by atoms with Crippen molar-refractivity contribution in [3.63, 3.8) is 0 Å².